The average molecular weight is 335 g/mol. The Morgan fingerprint density at radius 1 is 1.08 bits per heavy atom. The maximum absolute atomic E-state index is 12.1. The van der Waals surface area contributed by atoms with Gasteiger partial charge in [-0.15, -0.1) is 0 Å². The fourth-order valence-electron chi connectivity index (χ4n) is 2.44. The molecule has 0 aliphatic rings. The minimum atomic E-state index is -0.149. The molecule has 25 heavy (non-hydrogen) atoms. The molecule has 0 fully saturated rings. The summed E-state index contributed by atoms with van der Waals surface area (Å²) < 4.78 is 0. The summed E-state index contributed by atoms with van der Waals surface area (Å²) in [6.07, 6.45) is 1.14. The van der Waals surface area contributed by atoms with E-state index in [0.717, 1.165) is 12.1 Å². The number of aryl methyl sites for hydroxylation is 1. The van der Waals surface area contributed by atoms with Crippen molar-refractivity contribution in [1.29, 1.82) is 5.26 Å². The molecule has 0 spiro atoms. The van der Waals surface area contributed by atoms with Crippen molar-refractivity contribution in [3.8, 4) is 6.07 Å². The number of nitrogens with one attached hydrogen (secondary N) is 1. The molecular formula is C20H21N3O2. The lowest BCUT2D eigenvalue weighted by Crippen LogP contribution is -2.31. The maximum atomic E-state index is 12.1. The predicted molar refractivity (Wildman–Crippen MR) is 98.3 cm³/mol. The van der Waals surface area contributed by atoms with E-state index in [0.29, 0.717) is 11.3 Å². The third kappa shape index (κ3) is 5.18. The fourth-order valence-corrected chi connectivity index (χ4v) is 2.44. The van der Waals surface area contributed by atoms with Crippen LogP contribution in [0.5, 0.6) is 0 Å². The molecule has 2 amide bonds. The number of amides is 2. The van der Waals surface area contributed by atoms with E-state index < -0.39 is 0 Å². The summed E-state index contributed by atoms with van der Waals surface area (Å²) in [5.74, 6) is -0.297. The lowest BCUT2D eigenvalue weighted by Gasteiger charge is -2.21. The zero-order chi connectivity index (χ0) is 18.2. The quantitative estimate of drug-likeness (QED) is 0.878. The number of anilines is 2. The van der Waals surface area contributed by atoms with Gasteiger partial charge in [-0.1, -0.05) is 19.1 Å². The molecule has 0 saturated heterocycles. The first-order chi connectivity index (χ1) is 12.0. The van der Waals surface area contributed by atoms with E-state index in [1.165, 1.54) is 17.4 Å². The van der Waals surface area contributed by atoms with Crippen LogP contribution < -0.4 is 10.2 Å². The molecular weight excluding hydrogens is 314 g/mol. The SMILES string of the molecule is CCc1ccc(NC(=O)CCN(C(C)=O)c2ccc(C#N)cc2)cc1. The van der Waals surface area contributed by atoms with Gasteiger partial charge < -0.3 is 10.2 Å². The standard InChI is InChI=1S/C20H21N3O2/c1-3-16-4-8-18(9-5-16)22-20(25)12-13-23(15(2)24)19-10-6-17(14-21)7-11-19/h4-11H,3,12-13H2,1-2H3,(H,22,25). The van der Waals surface area contributed by atoms with E-state index in [-0.39, 0.29) is 24.8 Å². The van der Waals surface area contributed by atoms with Gasteiger partial charge in [0.1, 0.15) is 0 Å². The van der Waals surface area contributed by atoms with Gasteiger partial charge in [0.2, 0.25) is 11.8 Å². The maximum Gasteiger partial charge on any atom is 0.226 e. The second kappa shape index (κ2) is 8.65. The Hall–Kier alpha value is -3.13. The number of rotatable bonds is 6. The Morgan fingerprint density at radius 3 is 2.24 bits per heavy atom. The van der Waals surface area contributed by atoms with Gasteiger partial charge in [-0.3, -0.25) is 9.59 Å². The number of hydrogen-bond donors (Lipinski definition) is 1. The van der Waals surface area contributed by atoms with Crippen LogP contribution in [0.1, 0.15) is 31.4 Å². The van der Waals surface area contributed by atoms with Gasteiger partial charge >= 0.3 is 0 Å². The predicted octanol–water partition coefficient (Wildman–Crippen LogP) is 3.50. The monoisotopic (exact) mass is 335 g/mol. The summed E-state index contributed by atoms with van der Waals surface area (Å²) in [4.78, 5) is 25.5. The number of carbonyl (C=O) groups is 2. The van der Waals surface area contributed by atoms with Crippen molar-refractivity contribution >= 4 is 23.2 Å². The molecule has 2 rings (SSSR count). The summed E-state index contributed by atoms with van der Waals surface area (Å²) >= 11 is 0. The average Bonchev–Trinajstić information content (AvgIpc) is 2.62. The highest BCUT2D eigenvalue weighted by Gasteiger charge is 2.13. The number of hydrogen-bond acceptors (Lipinski definition) is 3. The van der Waals surface area contributed by atoms with Crippen molar-refractivity contribution < 1.29 is 9.59 Å². The van der Waals surface area contributed by atoms with Crippen molar-refractivity contribution in [2.75, 3.05) is 16.8 Å². The second-order valence-corrected chi connectivity index (χ2v) is 5.68. The van der Waals surface area contributed by atoms with E-state index >= 15 is 0 Å². The van der Waals surface area contributed by atoms with E-state index in [2.05, 4.69) is 12.2 Å². The van der Waals surface area contributed by atoms with Gasteiger partial charge in [0, 0.05) is 31.3 Å². The first-order valence-corrected chi connectivity index (χ1v) is 8.20. The molecule has 0 radical (unpaired) electrons. The Bertz CT molecular complexity index is 774. The lowest BCUT2D eigenvalue weighted by molar-refractivity contribution is -0.117. The Kier molecular flexibility index (Phi) is 6.30. The molecule has 2 aromatic rings. The highest BCUT2D eigenvalue weighted by Crippen LogP contribution is 2.16. The largest absolute Gasteiger partial charge is 0.326 e. The smallest absolute Gasteiger partial charge is 0.226 e. The summed E-state index contributed by atoms with van der Waals surface area (Å²) in [5.41, 5.74) is 3.16. The fraction of sp³-hybridized carbons (Fsp3) is 0.250. The molecule has 0 aromatic heterocycles. The van der Waals surface area contributed by atoms with E-state index in [1.807, 2.05) is 30.3 Å². The molecule has 1 N–H and O–H groups in total. The summed E-state index contributed by atoms with van der Waals surface area (Å²) in [5, 5.41) is 11.7. The topological polar surface area (TPSA) is 73.2 Å². The molecule has 5 heteroatoms. The summed E-state index contributed by atoms with van der Waals surface area (Å²) in [6, 6.07) is 16.5. The van der Waals surface area contributed by atoms with Gasteiger partial charge in [0.25, 0.3) is 0 Å². The lowest BCUT2D eigenvalue weighted by atomic mass is 10.1. The van der Waals surface area contributed by atoms with Crippen LogP contribution in [0.4, 0.5) is 11.4 Å². The third-order valence-corrected chi connectivity index (χ3v) is 3.90. The number of nitrogens with zero attached hydrogens (tertiary/aromatic N) is 2. The molecule has 5 nitrogen and oxygen atoms in total. The number of nitriles is 1. The first-order valence-electron chi connectivity index (χ1n) is 8.20. The summed E-state index contributed by atoms with van der Waals surface area (Å²) in [7, 11) is 0. The van der Waals surface area contributed by atoms with Gasteiger partial charge in [0.15, 0.2) is 0 Å². The normalized spacial score (nSPS) is 9.96. The van der Waals surface area contributed by atoms with Crippen molar-refractivity contribution in [3.05, 3.63) is 59.7 Å². The van der Waals surface area contributed by atoms with Crippen molar-refractivity contribution in [3.63, 3.8) is 0 Å². The molecule has 0 atom stereocenters. The molecule has 2 aromatic carbocycles. The van der Waals surface area contributed by atoms with Gasteiger partial charge in [-0.2, -0.15) is 5.26 Å². The number of benzene rings is 2. The van der Waals surface area contributed by atoms with Crippen LogP contribution in [0.25, 0.3) is 0 Å². The minimum absolute atomic E-state index is 0.148. The van der Waals surface area contributed by atoms with Crippen LogP contribution in [-0.2, 0) is 16.0 Å². The van der Waals surface area contributed by atoms with Gasteiger partial charge in [-0.25, -0.2) is 0 Å². The number of carbonyl (C=O) groups excluding carboxylic acids is 2. The van der Waals surface area contributed by atoms with Crippen LogP contribution in [0.2, 0.25) is 0 Å². The molecule has 0 unspecified atom stereocenters. The minimum Gasteiger partial charge on any atom is -0.326 e. The Balaban J connectivity index is 1.96. The Morgan fingerprint density at radius 2 is 1.72 bits per heavy atom. The van der Waals surface area contributed by atoms with E-state index in [9.17, 15) is 9.59 Å². The van der Waals surface area contributed by atoms with Crippen molar-refractivity contribution in [2.24, 2.45) is 0 Å². The van der Waals surface area contributed by atoms with Gasteiger partial charge in [-0.05, 0) is 48.4 Å². The molecule has 0 aliphatic carbocycles. The van der Waals surface area contributed by atoms with Crippen LogP contribution in [0.15, 0.2) is 48.5 Å². The highest BCUT2D eigenvalue weighted by atomic mass is 16.2. The van der Waals surface area contributed by atoms with Crippen LogP contribution in [0.3, 0.4) is 0 Å². The van der Waals surface area contributed by atoms with E-state index in [1.54, 1.807) is 24.3 Å². The van der Waals surface area contributed by atoms with Crippen molar-refractivity contribution in [2.45, 2.75) is 26.7 Å². The van der Waals surface area contributed by atoms with Gasteiger partial charge in [0.05, 0.1) is 11.6 Å². The molecule has 0 aliphatic heterocycles. The third-order valence-electron chi connectivity index (χ3n) is 3.90. The van der Waals surface area contributed by atoms with E-state index in [4.69, 9.17) is 5.26 Å². The van der Waals surface area contributed by atoms with Crippen LogP contribution in [0, 0.1) is 11.3 Å². The van der Waals surface area contributed by atoms with Crippen LogP contribution >= 0.6 is 0 Å². The van der Waals surface area contributed by atoms with Crippen LogP contribution in [-0.4, -0.2) is 18.4 Å². The second-order valence-electron chi connectivity index (χ2n) is 5.68. The molecule has 128 valence electrons. The zero-order valence-electron chi connectivity index (χ0n) is 14.5. The Labute approximate surface area is 147 Å². The molecule has 0 heterocycles. The summed E-state index contributed by atoms with van der Waals surface area (Å²) in [6.45, 7) is 3.81. The molecule has 0 bridgehead atoms. The molecule has 0 saturated carbocycles. The zero-order valence-corrected chi connectivity index (χ0v) is 14.5. The first kappa shape index (κ1) is 18.2. The van der Waals surface area contributed by atoms with Crippen molar-refractivity contribution in [1.82, 2.24) is 0 Å². The highest BCUT2D eigenvalue weighted by molar-refractivity contribution is 5.94.